The summed E-state index contributed by atoms with van der Waals surface area (Å²) in [5.74, 6) is 0.185. The minimum atomic E-state index is 0.185. The van der Waals surface area contributed by atoms with E-state index in [9.17, 15) is 4.79 Å². The fourth-order valence-corrected chi connectivity index (χ4v) is 3.06. The van der Waals surface area contributed by atoms with Gasteiger partial charge < -0.3 is 4.90 Å². The van der Waals surface area contributed by atoms with Crippen LogP contribution in [0.4, 0.5) is 0 Å². The maximum atomic E-state index is 12.6. The summed E-state index contributed by atoms with van der Waals surface area (Å²) in [5, 5.41) is 0. The lowest BCUT2D eigenvalue weighted by Gasteiger charge is -2.29. The molecule has 2 rings (SSSR count). The van der Waals surface area contributed by atoms with Crippen LogP contribution in [0.5, 0.6) is 0 Å². The van der Waals surface area contributed by atoms with Crippen LogP contribution in [0.3, 0.4) is 0 Å². The van der Waals surface area contributed by atoms with Gasteiger partial charge in [-0.25, -0.2) is 0 Å². The van der Waals surface area contributed by atoms with Crippen LogP contribution in [0, 0.1) is 0 Å². The Balaban J connectivity index is 2.19. The number of likely N-dealkylation sites (tertiary alicyclic amines) is 1. The highest BCUT2D eigenvalue weighted by molar-refractivity contribution is 9.10. The molecule has 98 valence electrons. The normalized spacial score (nSPS) is 20.6. The maximum absolute atomic E-state index is 12.6. The van der Waals surface area contributed by atoms with Gasteiger partial charge in [0.1, 0.15) is 0 Å². The Hall–Kier alpha value is -0.830. The predicted octanol–water partition coefficient (Wildman–Crippen LogP) is 4.24. The third-order valence-electron chi connectivity index (χ3n) is 3.68. The predicted molar refractivity (Wildman–Crippen MR) is 77.7 cm³/mol. The largest absolute Gasteiger partial charge is 0.336 e. The molecule has 1 aromatic rings. The van der Waals surface area contributed by atoms with Crippen molar-refractivity contribution in [2.45, 2.75) is 45.1 Å². The lowest BCUT2D eigenvalue weighted by atomic mass is 10.1. The molecule has 1 aliphatic heterocycles. The van der Waals surface area contributed by atoms with Crippen LogP contribution in [0.15, 0.2) is 28.7 Å². The highest BCUT2D eigenvalue weighted by Crippen LogP contribution is 2.22. The molecular formula is C15H20BrNO. The number of carbonyl (C=O) groups is 1. The molecule has 0 saturated carbocycles. The molecular weight excluding hydrogens is 290 g/mol. The quantitative estimate of drug-likeness (QED) is 0.800. The van der Waals surface area contributed by atoms with Crippen molar-refractivity contribution in [3.8, 4) is 0 Å². The zero-order valence-corrected chi connectivity index (χ0v) is 12.4. The summed E-state index contributed by atoms with van der Waals surface area (Å²) in [6.45, 7) is 3.08. The average Bonchev–Trinajstić information content (AvgIpc) is 2.62. The molecule has 1 amide bonds. The highest BCUT2D eigenvalue weighted by atomic mass is 79.9. The zero-order valence-electron chi connectivity index (χ0n) is 10.9. The molecule has 0 bridgehead atoms. The van der Waals surface area contributed by atoms with Crippen molar-refractivity contribution in [1.82, 2.24) is 4.90 Å². The van der Waals surface area contributed by atoms with Crippen molar-refractivity contribution >= 4 is 21.8 Å². The van der Waals surface area contributed by atoms with Crippen molar-refractivity contribution in [2.75, 3.05) is 6.54 Å². The van der Waals surface area contributed by atoms with Gasteiger partial charge in [-0.2, -0.15) is 0 Å². The van der Waals surface area contributed by atoms with Gasteiger partial charge in [0.05, 0.1) is 0 Å². The van der Waals surface area contributed by atoms with Crippen molar-refractivity contribution in [1.29, 1.82) is 0 Å². The summed E-state index contributed by atoms with van der Waals surface area (Å²) < 4.78 is 0.969. The number of hydrogen-bond acceptors (Lipinski definition) is 1. The zero-order chi connectivity index (χ0) is 13.0. The van der Waals surface area contributed by atoms with E-state index in [0.717, 1.165) is 35.8 Å². The minimum absolute atomic E-state index is 0.185. The number of halogens is 1. The molecule has 0 spiro atoms. The van der Waals surface area contributed by atoms with Gasteiger partial charge in [-0.3, -0.25) is 4.79 Å². The van der Waals surface area contributed by atoms with Gasteiger partial charge in [0.25, 0.3) is 5.91 Å². The van der Waals surface area contributed by atoms with E-state index in [2.05, 4.69) is 27.8 Å². The average molecular weight is 310 g/mol. The van der Waals surface area contributed by atoms with Crippen molar-refractivity contribution in [3.63, 3.8) is 0 Å². The molecule has 18 heavy (non-hydrogen) atoms. The SMILES string of the molecule is CCC1CCCCCN1C(=O)c1cccc(Br)c1. The Morgan fingerprint density at radius 1 is 1.39 bits per heavy atom. The summed E-state index contributed by atoms with van der Waals surface area (Å²) >= 11 is 3.43. The van der Waals surface area contributed by atoms with E-state index in [1.807, 2.05) is 24.3 Å². The van der Waals surface area contributed by atoms with Crippen LogP contribution >= 0.6 is 15.9 Å². The van der Waals surface area contributed by atoms with Crippen LogP contribution < -0.4 is 0 Å². The number of rotatable bonds is 2. The standard InChI is InChI=1S/C15H20BrNO/c1-2-14-9-4-3-5-10-17(14)15(18)12-7-6-8-13(16)11-12/h6-8,11,14H,2-5,9-10H2,1H3. The van der Waals surface area contributed by atoms with E-state index in [-0.39, 0.29) is 5.91 Å². The molecule has 0 radical (unpaired) electrons. The van der Waals surface area contributed by atoms with Gasteiger partial charge in [0.15, 0.2) is 0 Å². The first-order valence-electron chi connectivity index (χ1n) is 6.79. The molecule has 0 aromatic heterocycles. The number of hydrogen-bond donors (Lipinski definition) is 0. The summed E-state index contributed by atoms with van der Waals surface area (Å²) in [7, 11) is 0. The Morgan fingerprint density at radius 2 is 2.22 bits per heavy atom. The first-order valence-corrected chi connectivity index (χ1v) is 7.58. The first-order chi connectivity index (χ1) is 8.72. The number of nitrogens with zero attached hydrogens (tertiary/aromatic N) is 1. The second kappa shape index (κ2) is 6.37. The Kier molecular flexibility index (Phi) is 4.81. The van der Waals surface area contributed by atoms with Crippen LogP contribution in [0.25, 0.3) is 0 Å². The van der Waals surface area contributed by atoms with E-state index >= 15 is 0 Å². The molecule has 2 nitrogen and oxygen atoms in total. The third kappa shape index (κ3) is 3.14. The van der Waals surface area contributed by atoms with Crippen molar-refractivity contribution in [3.05, 3.63) is 34.3 Å². The number of amides is 1. The van der Waals surface area contributed by atoms with Crippen LogP contribution in [0.2, 0.25) is 0 Å². The van der Waals surface area contributed by atoms with Crippen LogP contribution in [-0.4, -0.2) is 23.4 Å². The Bertz CT molecular complexity index is 419. The maximum Gasteiger partial charge on any atom is 0.254 e. The van der Waals surface area contributed by atoms with E-state index < -0.39 is 0 Å². The minimum Gasteiger partial charge on any atom is -0.336 e. The van der Waals surface area contributed by atoms with E-state index in [4.69, 9.17) is 0 Å². The number of carbonyl (C=O) groups excluding carboxylic acids is 1. The highest BCUT2D eigenvalue weighted by Gasteiger charge is 2.24. The molecule has 1 heterocycles. The van der Waals surface area contributed by atoms with Gasteiger partial charge >= 0.3 is 0 Å². The van der Waals surface area contributed by atoms with E-state index in [0.29, 0.717) is 6.04 Å². The summed E-state index contributed by atoms with van der Waals surface area (Å²) in [6.07, 6.45) is 5.84. The molecule has 1 saturated heterocycles. The third-order valence-corrected chi connectivity index (χ3v) is 4.17. The van der Waals surface area contributed by atoms with Crippen LogP contribution in [-0.2, 0) is 0 Å². The van der Waals surface area contributed by atoms with E-state index in [1.165, 1.54) is 12.8 Å². The molecule has 1 aliphatic rings. The number of benzene rings is 1. The summed E-state index contributed by atoms with van der Waals surface area (Å²) in [5.41, 5.74) is 0.796. The second-order valence-corrected chi connectivity index (χ2v) is 5.84. The van der Waals surface area contributed by atoms with E-state index in [1.54, 1.807) is 0 Å². The molecule has 1 fully saturated rings. The Labute approximate surface area is 117 Å². The summed E-state index contributed by atoms with van der Waals surface area (Å²) in [6, 6.07) is 8.12. The van der Waals surface area contributed by atoms with Crippen molar-refractivity contribution < 1.29 is 4.79 Å². The lowest BCUT2D eigenvalue weighted by Crippen LogP contribution is -2.39. The monoisotopic (exact) mass is 309 g/mol. The molecule has 1 unspecified atom stereocenters. The lowest BCUT2D eigenvalue weighted by molar-refractivity contribution is 0.0678. The molecule has 1 aromatic carbocycles. The molecule has 1 atom stereocenters. The molecule has 0 aliphatic carbocycles. The van der Waals surface area contributed by atoms with Gasteiger partial charge in [-0.15, -0.1) is 0 Å². The summed E-state index contributed by atoms with van der Waals surface area (Å²) in [4.78, 5) is 14.7. The van der Waals surface area contributed by atoms with Gasteiger partial charge in [0, 0.05) is 22.6 Å². The molecule has 3 heteroatoms. The smallest absolute Gasteiger partial charge is 0.254 e. The second-order valence-electron chi connectivity index (χ2n) is 4.92. The van der Waals surface area contributed by atoms with Gasteiger partial charge in [0.2, 0.25) is 0 Å². The van der Waals surface area contributed by atoms with Crippen LogP contribution in [0.1, 0.15) is 49.4 Å². The Morgan fingerprint density at radius 3 is 2.94 bits per heavy atom. The first kappa shape index (κ1) is 13.6. The topological polar surface area (TPSA) is 20.3 Å². The molecule has 0 N–H and O–H groups in total. The van der Waals surface area contributed by atoms with Crippen molar-refractivity contribution in [2.24, 2.45) is 0 Å². The van der Waals surface area contributed by atoms with Gasteiger partial charge in [-0.1, -0.05) is 41.8 Å². The van der Waals surface area contributed by atoms with Gasteiger partial charge in [-0.05, 0) is 37.5 Å². The fourth-order valence-electron chi connectivity index (χ4n) is 2.66. The fraction of sp³-hybridized carbons (Fsp3) is 0.533.